The lowest BCUT2D eigenvalue weighted by molar-refractivity contribution is -0.0161. The fourth-order valence-electron chi connectivity index (χ4n) is 1.98. The van der Waals surface area contributed by atoms with E-state index in [-0.39, 0.29) is 10.7 Å². The second-order valence-electron chi connectivity index (χ2n) is 4.56. The van der Waals surface area contributed by atoms with Crippen molar-refractivity contribution in [3.63, 3.8) is 0 Å². The van der Waals surface area contributed by atoms with Crippen LogP contribution in [0, 0.1) is 0 Å². The van der Waals surface area contributed by atoms with Gasteiger partial charge in [-0.3, -0.25) is 0 Å². The van der Waals surface area contributed by atoms with Crippen LogP contribution < -0.4 is 10.5 Å². The molecule has 1 unspecified atom stereocenters. The topological polar surface area (TPSA) is 104 Å². The molecule has 3 N–H and O–H groups in total. The number of ether oxygens (including phenoxy) is 2. The molecule has 1 saturated heterocycles. The highest BCUT2D eigenvalue weighted by Gasteiger charge is 2.34. The standard InChI is InChI=1S/C11H18N2O5S/c1-16-11(4-5-17-8-11)7-13-6-9-2-3-10(18-9)19(12,14)15/h2-3,13H,4-8H2,1H3,(H2,12,14,15). The molecule has 1 aliphatic heterocycles. The number of furan rings is 1. The minimum Gasteiger partial charge on any atom is -0.447 e. The fraction of sp³-hybridized carbons (Fsp3) is 0.636. The lowest BCUT2D eigenvalue weighted by Crippen LogP contribution is -2.42. The number of primary sulfonamides is 1. The minimum absolute atomic E-state index is 0.227. The quantitative estimate of drug-likeness (QED) is 0.753. The van der Waals surface area contributed by atoms with Gasteiger partial charge in [0.05, 0.1) is 13.2 Å². The highest BCUT2D eigenvalue weighted by atomic mass is 32.2. The highest BCUT2D eigenvalue weighted by molar-refractivity contribution is 7.89. The molecule has 1 aromatic rings. The summed E-state index contributed by atoms with van der Waals surface area (Å²) in [5, 5.41) is 7.90. The molecule has 0 saturated carbocycles. The largest absolute Gasteiger partial charge is 0.447 e. The van der Waals surface area contributed by atoms with E-state index in [9.17, 15) is 8.42 Å². The van der Waals surface area contributed by atoms with E-state index in [2.05, 4.69) is 5.32 Å². The zero-order valence-electron chi connectivity index (χ0n) is 10.7. The van der Waals surface area contributed by atoms with Crippen LogP contribution in [-0.4, -0.2) is 40.9 Å². The van der Waals surface area contributed by atoms with Gasteiger partial charge in [0.25, 0.3) is 10.0 Å². The van der Waals surface area contributed by atoms with Gasteiger partial charge in [-0.2, -0.15) is 0 Å². The molecule has 2 heterocycles. The Hall–Kier alpha value is -0.930. The first kappa shape index (κ1) is 14.5. The van der Waals surface area contributed by atoms with E-state index in [0.29, 0.717) is 32.1 Å². The van der Waals surface area contributed by atoms with Crippen molar-refractivity contribution in [1.29, 1.82) is 0 Å². The lowest BCUT2D eigenvalue weighted by Gasteiger charge is -2.25. The van der Waals surface area contributed by atoms with Crippen molar-refractivity contribution >= 4 is 10.0 Å². The predicted molar refractivity (Wildman–Crippen MR) is 67.0 cm³/mol. The highest BCUT2D eigenvalue weighted by Crippen LogP contribution is 2.21. The van der Waals surface area contributed by atoms with Crippen LogP contribution in [0.4, 0.5) is 0 Å². The Morgan fingerprint density at radius 1 is 1.53 bits per heavy atom. The van der Waals surface area contributed by atoms with Crippen LogP contribution in [0.1, 0.15) is 12.2 Å². The summed E-state index contributed by atoms with van der Waals surface area (Å²) < 4.78 is 38.0. The van der Waals surface area contributed by atoms with Crippen LogP contribution in [0.25, 0.3) is 0 Å². The molecule has 0 aromatic carbocycles. The molecule has 108 valence electrons. The summed E-state index contributed by atoms with van der Waals surface area (Å²) in [6, 6.07) is 2.93. The average Bonchev–Trinajstić information content (AvgIpc) is 2.97. The molecule has 0 amide bonds. The van der Waals surface area contributed by atoms with Gasteiger partial charge in [-0.1, -0.05) is 0 Å². The SMILES string of the molecule is COC1(CNCc2ccc(S(N)(=O)=O)o2)CCOC1. The monoisotopic (exact) mass is 290 g/mol. The first-order valence-corrected chi connectivity index (χ1v) is 7.45. The van der Waals surface area contributed by atoms with Crippen LogP contribution in [-0.2, 0) is 26.0 Å². The molecule has 0 spiro atoms. The van der Waals surface area contributed by atoms with Crippen molar-refractivity contribution in [1.82, 2.24) is 5.32 Å². The molecule has 0 aliphatic carbocycles. The van der Waals surface area contributed by atoms with Gasteiger partial charge in [0, 0.05) is 26.7 Å². The van der Waals surface area contributed by atoms with Crippen molar-refractivity contribution in [3.8, 4) is 0 Å². The summed E-state index contributed by atoms with van der Waals surface area (Å²) in [4.78, 5) is 0. The molecular weight excluding hydrogens is 272 g/mol. The Labute approximate surface area is 112 Å². The van der Waals surface area contributed by atoms with Crippen molar-refractivity contribution in [2.75, 3.05) is 26.9 Å². The Kier molecular flexibility index (Phi) is 4.26. The van der Waals surface area contributed by atoms with E-state index < -0.39 is 10.0 Å². The second kappa shape index (κ2) is 5.59. The zero-order chi connectivity index (χ0) is 13.9. The Morgan fingerprint density at radius 3 is 2.84 bits per heavy atom. The maximum atomic E-state index is 11.1. The molecule has 1 fully saturated rings. The van der Waals surface area contributed by atoms with Gasteiger partial charge in [0.1, 0.15) is 11.4 Å². The third-order valence-corrected chi connectivity index (χ3v) is 3.94. The van der Waals surface area contributed by atoms with Crippen molar-refractivity contribution in [2.45, 2.75) is 23.7 Å². The molecule has 1 atom stereocenters. The second-order valence-corrected chi connectivity index (χ2v) is 6.05. The number of rotatable bonds is 6. The van der Waals surface area contributed by atoms with Crippen molar-refractivity contribution in [3.05, 3.63) is 17.9 Å². The maximum Gasteiger partial charge on any atom is 0.271 e. The minimum atomic E-state index is -3.78. The van der Waals surface area contributed by atoms with Crippen LogP contribution in [0.3, 0.4) is 0 Å². The van der Waals surface area contributed by atoms with Crippen molar-refractivity contribution in [2.24, 2.45) is 5.14 Å². The van der Waals surface area contributed by atoms with Gasteiger partial charge in [-0.05, 0) is 12.1 Å². The van der Waals surface area contributed by atoms with Gasteiger partial charge in [0.15, 0.2) is 0 Å². The normalized spacial score (nSPS) is 23.9. The van der Waals surface area contributed by atoms with Gasteiger partial charge in [-0.15, -0.1) is 0 Å². The molecule has 7 nitrogen and oxygen atoms in total. The molecule has 1 aromatic heterocycles. The summed E-state index contributed by atoms with van der Waals surface area (Å²) >= 11 is 0. The summed E-state index contributed by atoms with van der Waals surface area (Å²) in [5.74, 6) is 0.509. The molecule has 0 radical (unpaired) electrons. The maximum absolute atomic E-state index is 11.1. The van der Waals surface area contributed by atoms with E-state index in [4.69, 9.17) is 19.0 Å². The average molecular weight is 290 g/mol. The number of nitrogens with one attached hydrogen (secondary N) is 1. The molecular formula is C11H18N2O5S. The van der Waals surface area contributed by atoms with E-state index in [1.54, 1.807) is 13.2 Å². The molecule has 0 bridgehead atoms. The molecule has 2 rings (SSSR count). The summed E-state index contributed by atoms with van der Waals surface area (Å²) in [6.45, 7) is 2.25. The van der Waals surface area contributed by atoms with E-state index in [1.165, 1.54) is 6.07 Å². The third kappa shape index (κ3) is 3.54. The number of hydrogen-bond acceptors (Lipinski definition) is 6. The van der Waals surface area contributed by atoms with Gasteiger partial charge >= 0.3 is 0 Å². The van der Waals surface area contributed by atoms with Crippen molar-refractivity contribution < 1.29 is 22.3 Å². The van der Waals surface area contributed by atoms with Crippen LogP contribution >= 0.6 is 0 Å². The van der Waals surface area contributed by atoms with Crippen LogP contribution in [0.2, 0.25) is 0 Å². The number of hydrogen-bond donors (Lipinski definition) is 2. The number of sulfonamides is 1. The smallest absolute Gasteiger partial charge is 0.271 e. The predicted octanol–water partition coefficient (Wildman–Crippen LogP) is -0.178. The van der Waals surface area contributed by atoms with Gasteiger partial charge < -0.3 is 19.2 Å². The van der Waals surface area contributed by atoms with E-state index in [0.717, 1.165) is 6.42 Å². The van der Waals surface area contributed by atoms with Gasteiger partial charge in [0.2, 0.25) is 5.09 Å². The summed E-state index contributed by atoms with van der Waals surface area (Å²) in [5.41, 5.74) is -0.310. The number of nitrogens with two attached hydrogens (primary N) is 1. The lowest BCUT2D eigenvalue weighted by atomic mass is 10.0. The Balaban J connectivity index is 1.87. The van der Waals surface area contributed by atoms with E-state index >= 15 is 0 Å². The van der Waals surface area contributed by atoms with Gasteiger partial charge in [-0.25, -0.2) is 13.6 Å². The van der Waals surface area contributed by atoms with Crippen LogP contribution in [0.15, 0.2) is 21.6 Å². The number of methoxy groups -OCH3 is 1. The van der Waals surface area contributed by atoms with E-state index in [1.807, 2.05) is 0 Å². The summed E-state index contributed by atoms with van der Waals surface area (Å²) in [6.07, 6.45) is 0.830. The fourth-order valence-corrected chi connectivity index (χ4v) is 2.46. The Bertz CT molecular complexity index is 519. The first-order valence-electron chi connectivity index (χ1n) is 5.90. The van der Waals surface area contributed by atoms with Crippen LogP contribution in [0.5, 0.6) is 0 Å². The molecule has 19 heavy (non-hydrogen) atoms. The zero-order valence-corrected chi connectivity index (χ0v) is 11.5. The summed E-state index contributed by atoms with van der Waals surface area (Å²) in [7, 11) is -2.12. The molecule has 8 heteroatoms. The third-order valence-electron chi connectivity index (χ3n) is 3.16. The molecule has 1 aliphatic rings. The Morgan fingerprint density at radius 2 is 2.32 bits per heavy atom. The first-order chi connectivity index (χ1) is 8.95.